The summed E-state index contributed by atoms with van der Waals surface area (Å²) in [6, 6.07) is 0. The molecule has 0 saturated carbocycles. The Morgan fingerprint density at radius 1 is 1.75 bits per heavy atom. The van der Waals surface area contributed by atoms with Gasteiger partial charge in [0.1, 0.15) is 0 Å². The second-order valence-corrected chi connectivity index (χ2v) is 4.55. The van der Waals surface area contributed by atoms with Gasteiger partial charge in [-0.1, -0.05) is 29.5 Å². The summed E-state index contributed by atoms with van der Waals surface area (Å²) in [5.74, 6) is 0.877. The predicted molar refractivity (Wildman–Crippen MR) is 42.4 cm³/mol. The van der Waals surface area contributed by atoms with Gasteiger partial charge in [-0.05, 0) is 6.42 Å². The molecule has 1 saturated heterocycles. The van der Waals surface area contributed by atoms with Gasteiger partial charge in [-0.3, -0.25) is 0 Å². The van der Waals surface area contributed by atoms with Crippen LogP contribution in [0.3, 0.4) is 0 Å². The summed E-state index contributed by atoms with van der Waals surface area (Å²) < 4.78 is 5.85. The van der Waals surface area contributed by atoms with Gasteiger partial charge < -0.3 is 4.74 Å². The molecule has 1 aliphatic rings. The third-order valence-corrected chi connectivity index (χ3v) is 1.87. The zero-order valence-corrected chi connectivity index (χ0v) is 7.22. The average molecular weight is 226 g/mol. The molecule has 0 amide bonds. The van der Waals surface area contributed by atoms with E-state index in [4.69, 9.17) is 4.74 Å². The Bertz CT molecular complexity index is 68.9. The summed E-state index contributed by atoms with van der Waals surface area (Å²) in [5, 5.41) is 0. The van der Waals surface area contributed by atoms with Gasteiger partial charge >= 0.3 is 0 Å². The van der Waals surface area contributed by atoms with E-state index in [1.54, 1.807) is 0 Å². The van der Waals surface area contributed by atoms with Crippen LogP contribution in [0.1, 0.15) is 13.3 Å². The van der Waals surface area contributed by atoms with Crippen molar-refractivity contribution < 1.29 is 4.74 Å². The van der Waals surface area contributed by atoms with Gasteiger partial charge in [-0.15, -0.1) is 0 Å². The van der Waals surface area contributed by atoms with Gasteiger partial charge in [0.25, 0.3) is 0 Å². The van der Waals surface area contributed by atoms with E-state index in [1.807, 2.05) is 0 Å². The molecule has 2 heteroatoms. The molecule has 0 radical (unpaired) electrons. The van der Waals surface area contributed by atoms with Crippen molar-refractivity contribution in [3.63, 3.8) is 0 Å². The Kier molecular flexibility index (Phi) is 2.56. The third-order valence-electron chi connectivity index (χ3n) is 1.37. The molecule has 1 fully saturated rings. The number of halogens is 1. The normalized spacial score (nSPS) is 24.8. The molecule has 1 atom stereocenters. The standard InChI is InChI=1S/C6H11IO/c1-5(7)2-6-3-8-4-6/h5-6H,2-4H2,1H3. The minimum atomic E-state index is 0.821. The molecule has 8 heavy (non-hydrogen) atoms. The molecular weight excluding hydrogens is 215 g/mol. The van der Waals surface area contributed by atoms with Gasteiger partial charge in [0, 0.05) is 9.84 Å². The lowest BCUT2D eigenvalue weighted by Crippen LogP contribution is -2.28. The quantitative estimate of drug-likeness (QED) is 0.515. The summed E-state index contributed by atoms with van der Waals surface area (Å²) >= 11 is 2.46. The van der Waals surface area contributed by atoms with Crippen LogP contribution in [0.25, 0.3) is 0 Å². The van der Waals surface area contributed by atoms with Crippen LogP contribution < -0.4 is 0 Å². The first-order valence-corrected chi connectivity index (χ1v) is 4.25. The molecule has 0 spiro atoms. The first kappa shape index (κ1) is 6.81. The van der Waals surface area contributed by atoms with E-state index in [0.717, 1.165) is 23.1 Å². The first-order valence-electron chi connectivity index (χ1n) is 3.01. The van der Waals surface area contributed by atoms with Crippen molar-refractivity contribution in [2.24, 2.45) is 5.92 Å². The SMILES string of the molecule is CC(I)CC1COC1. The summed E-state index contributed by atoms with van der Waals surface area (Å²) in [7, 11) is 0. The monoisotopic (exact) mass is 226 g/mol. The van der Waals surface area contributed by atoms with Crippen LogP contribution in [0.5, 0.6) is 0 Å². The van der Waals surface area contributed by atoms with Crippen molar-refractivity contribution in [3.05, 3.63) is 0 Å². The van der Waals surface area contributed by atoms with Crippen LogP contribution in [0.15, 0.2) is 0 Å². The molecule has 0 aromatic heterocycles. The highest BCUT2D eigenvalue weighted by Crippen LogP contribution is 2.19. The lowest BCUT2D eigenvalue weighted by molar-refractivity contribution is -0.0345. The van der Waals surface area contributed by atoms with Gasteiger partial charge in [0.05, 0.1) is 13.2 Å². The van der Waals surface area contributed by atoms with Crippen molar-refractivity contribution in [3.8, 4) is 0 Å². The molecule has 0 aromatic carbocycles. The Hall–Kier alpha value is 0.690. The van der Waals surface area contributed by atoms with Gasteiger partial charge in [-0.25, -0.2) is 0 Å². The second-order valence-electron chi connectivity index (χ2n) is 2.42. The van der Waals surface area contributed by atoms with E-state index in [1.165, 1.54) is 6.42 Å². The van der Waals surface area contributed by atoms with Crippen molar-refractivity contribution in [1.29, 1.82) is 0 Å². The zero-order valence-electron chi connectivity index (χ0n) is 5.06. The van der Waals surface area contributed by atoms with E-state index in [9.17, 15) is 0 Å². The molecule has 1 rings (SSSR count). The van der Waals surface area contributed by atoms with Crippen LogP contribution >= 0.6 is 22.6 Å². The maximum absolute atomic E-state index is 5.03. The Labute approximate surface area is 63.9 Å². The average Bonchev–Trinajstić information content (AvgIpc) is 1.55. The number of rotatable bonds is 2. The molecule has 1 unspecified atom stereocenters. The van der Waals surface area contributed by atoms with E-state index in [2.05, 4.69) is 29.5 Å². The zero-order chi connectivity index (χ0) is 5.98. The molecule has 1 heterocycles. The molecule has 0 aromatic rings. The molecule has 0 bridgehead atoms. The second kappa shape index (κ2) is 3.01. The number of ether oxygens (including phenoxy) is 1. The summed E-state index contributed by atoms with van der Waals surface area (Å²) in [5.41, 5.74) is 0. The number of alkyl halides is 1. The minimum absolute atomic E-state index is 0.821. The molecule has 1 aliphatic heterocycles. The van der Waals surface area contributed by atoms with Crippen molar-refractivity contribution in [2.75, 3.05) is 13.2 Å². The van der Waals surface area contributed by atoms with Crippen LogP contribution in [-0.2, 0) is 4.74 Å². The summed E-state index contributed by atoms with van der Waals surface area (Å²) in [6.45, 7) is 4.26. The maximum atomic E-state index is 5.03. The van der Waals surface area contributed by atoms with Gasteiger partial charge in [0.15, 0.2) is 0 Å². The van der Waals surface area contributed by atoms with Crippen LogP contribution in [0.4, 0.5) is 0 Å². The highest BCUT2D eigenvalue weighted by Gasteiger charge is 2.19. The fourth-order valence-electron chi connectivity index (χ4n) is 0.880. The van der Waals surface area contributed by atoms with E-state index < -0.39 is 0 Å². The Morgan fingerprint density at radius 2 is 2.38 bits per heavy atom. The van der Waals surface area contributed by atoms with Crippen molar-refractivity contribution >= 4 is 22.6 Å². The molecule has 0 aliphatic carbocycles. The minimum Gasteiger partial charge on any atom is -0.381 e. The molecule has 48 valence electrons. The van der Waals surface area contributed by atoms with Gasteiger partial charge in [0.2, 0.25) is 0 Å². The van der Waals surface area contributed by atoms with Crippen molar-refractivity contribution in [2.45, 2.75) is 17.3 Å². The highest BCUT2D eigenvalue weighted by atomic mass is 127. The maximum Gasteiger partial charge on any atom is 0.0516 e. The van der Waals surface area contributed by atoms with Crippen molar-refractivity contribution in [1.82, 2.24) is 0 Å². The molecular formula is C6H11IO. The van der Waals surface area contributed by atoms with Gasteiger partial charge in [-0.2, -0.15) is 0 Å². The lowest BCUT2D eigenvalue weighted by Gasteiger charge is -2.26. The largest absolute Gasteiger partial charge is 0.381 e. The van der Waals surface area contributed by atoms with E-state index in [0.29, 0.717) is 0 Å². The fourth-order valence-corrected chi connectivity index (χ4v) is 1.60. The van der Waals surface area contributed by atoms with Crippen LogP contribution in [-0.4, -0.2) is 17.1 Å². The molecule has 0 N–H and O–H groups in total. The van der Waals surface area contributed by atoms with E-state index in [-0.39, 0.29) is 0 Å². The Balaban J connectivity index is 2.01. The first-order chi connectivity index (χ1) is 3.79. The van der Waals surface area contributed by atoms with Crippen LogP contribution in [0, 0.1) is 5.92 Å². The molecule has 1 nitrogen and oxygen atoms in total. The number of hydrogen-bond acceptors (Lipinski definition) is 1. The summed E-state index contributed by atoms with van der Waals surface area (Å²) in [4.78, 5) is 0. The summed E-state index contributed by atoms with van der Waals surface area (Å²) in [6.07, 6.45) is 1.33. The fraction of sp³-hybridized carbons (Fsp3) is 1.00. The number of hydrogen-bond donors (Lipinski definition) is 0. The van der Waals surface area contributed by atoms with Crippen LogP contribution in [0.2, 0.25) is 0 Å². The topological polar surface area (TPSA) is 9.23 Å². The lowest BCUT2D eigenvalue weighted by atomic mass is 10.0. The Morgan fingerprint density at radius 3 is 2.50 bits per heavy atom. The predicted octanol–water partition coefficient (Wildman–Crippen LogP) is 1.85. The third kappa shape index (κ3) is 1.90. The highest BCUT2D eigenvalue weighted by molar-refractivity contribution is 14.1. The smallest absolute Gasteiger partial charge is 0.0516 e. The van der Waals surface area contributed by atoms with E-state index >= 15 is 0 Å².